The quantitative estimate of drug-likeness (QED) is 0.462. The molecule has 1 aromatic rings. The fourth-order valence-corrected chi connectivity index (χ4v) is 6.28. The van der Waals surface area contributed by atoms with Gasteiger partial charge in [-0.2, -0.15) is 4.31 Å². The topological polar surface area (TPSA) is 110 Å². The van der Waals surface area contributed by atoms with Crippen LogP contribution in [0.3, 0.4) is 0 Å². The molecule has 34 heavy (non-hydrogen) atoms. The highest BCUT2D eigenvalue weighted by atomic mass is 32.2. The highest BCUT2D eigenvalue weighted by Gasteiger charge is 2.35. The maximum absolute atomic E-state index is 13.0. The fraction of sp³-hybridized carbons (Fsp3) is 0.640. The highest BCUT2D eigenvalue weighted by molar-refractivity contribution is 7.89. The Labute approximate surface area is 202 Å². The molecule has 1 N–H and O–H groups in total. The summed E-state index contributed by atoms with van der Waals surface area (Å²) >= 11 is 0. The van der Waals surface area contributed by atoms with Crippen LogP contribution in [0, 0.1) is 17.8 Å². The highest BCUT2D eigenvalue weighted by Crippen LogP contribution is 2.30. The van der Waals surface area contributed by atoms with Crippen LogP contribution in [0.5, 0.6) is 0 Å². The summed E-state index contributed by atoms with van der Waals surface area (Å²) in [7, 11) is -3.77. The van der Waals surface area contributed by atoms with Crippen LogP contribution in [0.25, 0.3) is 0 Å². The molecule has 0 bridgehead atoms. The number of sulfonamides is 1. The molecule has 4 atom stereocenters. The smallest absolute Gasteiger partial charge is 0.309 e. The molecule has 2 fully saturated rings. The van der Waals surface area contributed by atoms with Crippen molar-refractivity contribution >= 4 is 27.7 Å². The number of piperidine rings is 1. The van der Waals surface area contributed by atoms with Crippen molar-refractivity contribution in [2.75, 3.05) is 13.1 Å². The van der Waals surface area contributed by atoms with E-state index >= 15 is 0 Å². The van der Waals surface area contributed by atoms with Crippen LogP contribution < -0.4 is 5.32 Å². The van der Waals surface area contributed by atoms with Gasteiger partial charge in [-0.3, -0.25) is 14.4 Å². The van der Waals surface area contributed by atoms with E-state index in [0.29, 0.717) is 30.2 Å². The Hall–Kier alpha value is -2.26. The summed E-state index contributed by atoms with van der Waals surface area (Å²) in [6.45, 7) is 7.64. The van der Waals surface area contributed by atoms with Crippen molar-refractivity contribution in [2.45, 2.75) is 76.8 Å². The van der Waals surface area contributed by atoms with Crippen LogP contribution in [0.4, 0.5) is 0 Å². The average molecular weight is 493 g/mol. The minimum absolute atomic E-state index is 0.0674. The summed E-state index contributed by atoms with van der Waals surface area (Å²) in [6.07, 6.45) is 2.90. The number of esters is 1. The second-order valence-corrected chi connectivity index (χ2v) is 11.7. The first kappa shape index (κ1) is 26.3. The number of nitrogens with zero attached hydrogens (tertiary/aromatic N) is 1. The van der Waals surface area contributed by atoms with Crippen LogP contribution in [0.15, 0.2) is 29.2 Å². The molecular formula is C25H36N2O6S. The third kappa shape index (κ3) is 6.05. The number of hydrogen-bond donors (Lipinski definition) is 1. The molecule has 0 aromatic heterocycles. The Bertz CT molecular complexity index is 1020. The average Bonchev–Trinajstić information content (AvgIpc) is 2.82. The first-order valence-corrected chi connectivity index (χ1v) is 13.6. The molecule has 1 saturated heterocycles. The Kier molecular flexibility index (Phi) is 8.52. The lowest BCUT2D eigenvalue weighted by atomic mass is 9.78. The molecule has 0 unspecified atom stereocenters. The van der Waals surface area contributed by atoms with E-state index < -0.39 is 28.0 Å². The van der Waals surface area contributed by atoms with Gasteiger partial charge in [0.1, 0.15) is 0 Å². The van der Waals surface area contributed by atoms with Crippen LogP contribution >= 0.6 is 0 Å². The van der Waals surface area contributed by atoms with Gasteiger partial charge in [0.25, 0.3) is 5.91 Å². The van der Waals surface area contributed by atoms with Crippen LogP contribution in [0.1, 0.15) is 70.2 Å². The number of rotatable bonds is 7. The number of ether oxygens (including phenoxy) is 1. The standard InChI is InChI=1S/C25H36N2O6S/c1-16-7-5-10-23(17(16)2)26-24(29)19(4)33-25(30)20-11-13-27(14-12-20)34(31,32)22-9-6-8-21(15-22)18(3)28/h6,8-9,15-17,19-20,23H,5,7,10-14H2,1-4H3,(H,26,29)/t16-,17+,19-,23-/m1/s1. The van der Waals surface area contributed by atoms with E-state index in [9.17, 15) is 22.8 Å². The molecular weight excluding hydrogens is 456 g/mol. The van der Waals surface area contributed by atoms with Crippen molar-refractivity contribution < 1.29 is 27.5 Å². The number of carbonyl (C=O) groups is 3. The Morgan fingerprint density at radius 2 is 1.76 bits per heavy atom. The van der Waals surface area contributed by atoms with Crippen molar-refractivity contribution in [3.05, 3.63) is 29.8 Å². The monoisotopic (exact) mass is 492 g/mol. The molecule has 1 saturated carbocycles. The molecule has 188 valence electrons. The summed E-state index contributed by atoms with van der Waals surface area (Å²) in [6, 6.07) is 6.07. The van der Waals surface area contributed by atoms with Crippen LogP contribution in [0.2, 0.25) is 0 Å². The molecule has 1 heterocycles. The summed E-state index contributed by atoms with van der Waals surface area (Å²) < 4.78 is 32.8. The van der Waals surface area contributed by atoms with Gasteiger partial charge in [0.15, 0.2) is 11.9 Å². The SMILES string of the molecule is CC(=O)c1cccc(S(=O)(=O)N2CCC(C(=O)O[C@H](C)C(=O)N[C@@H]3CCC[C@@H](C)[C@@H]3C)CC2)c1. The lowest BCUT2D eigenvalue weighted by Crippen LogP contribution is -2.48. The number of hydrogen-bond acceptors (Lipinski definition) is 6. The Morgan fingerprint density at radius 1 is 1.09 bits per heavy atom. The maximum Gasteiger partial charge on any atom is 0.309 e. The molecule has 1 amide bonds. The van der Waals surface area contributed by atoms with Crippen molar-refractivity contribution in [1.29, 1.82) is 0 Å². The van der Waals surface area contributed by atoms with Gasteiger partial charge in [0.2, 0.25) is 10.0 Å². The van der Waals surface area contributed by atoms with E-state index in [1.165, 1.54) is 23.4 Å². The van der Waals surface area contributed by atoms with Crippen molar-refractivity contribution in [1.82, 2.24) is 9.62 Å². The van der Waals surface area contributed by atoms with Gasteiger partial charge in [-0.05, 0) is 57.1 Å². The van der Waals surface area contributed by atoms with Crippen LogP contribution in [-0.2, 0) is 24.3 Å². The van der Waals surface area contributed by atoms with Gasteiger partial charge >= 0.3 is 5.97 Å². The maximum atomic E-state index is 13.0. The van der Waals surface area contributed by atoms with Crippen LogP contribution in [-0.4, -0.2) is 55.6 Å². The van der Waals surface area contributed by atoms with Gasteiger partial charge in [-0.1, -0.05) is 38.8 Å². The number of ketones is 1. The fourth-order valence-electron chi connectivity index (χ4n) is 4.77. The zero-order chi connectivity index (χ0) is 25.0. The summed E-state index contributed by atoms with van der Waals surface area (Å²) in [4.78, 5) is 36.9. The summed E-state index contributed by atoms with van der Waals surface area (Å²) in [5.74, 6) is -0.498. The second kappa shape index (κ2) is 11.0. The molecule has 9 heteroatoms. The molecule has 1 aliphatic carbocycles. The molecule has 0 spiro atoms. The minimum atomic E-state index is -3.77. The number of Topliss-reactive ketones (excluding diaryl/α,β-unsaturated/α-hetero) is 1. The third-order valence-corrected chi connectivity index (χ3v) is 9.26. The zero-order valence-corrected chi connectivity index (χ0v) is 21.3. The number of benzene rings is 1. The number of amides is 1. The van der Waals surface area contributed by atoms with Gasteiger partial charge < -0.3 is 10.1 Å². The van der Waals surface area contributed by atoms with Gasteiger partial charge in [-0.25, -0.2) is 8.42 Å². The van der Waals surface area contributed by atoms with E-state index in [1.807, 2.05) is 0 Å². The van der Waals surface area contributed by atoms with Gasteiger partial charge in [0.05, 0.1) is 10.8 Å². The van der Waals surface area contributed by atoms with Crippen molar-refractivity contribution in [3.63, 3.8) is 0 Å². The lowest BCUT2D eigenvalue weighted by Gasteiger charge is -2.35. The first-order valence-electron chi connectivity index (χ1n) is 12.1. The van der Waals surface area contributed by atoms with E-state index in [1.54, 1.807) is 19.1 Å². The Morgan fingerprint density at radius 3 is 2.41 bits per heavy atom. The molecule has 1 aliphatic heterocycles. The predicted octanol–water partition coefficient (Wildman–Crippen LogP) is 3.16. The largest absolute Gasteiger partial charge is 0.452 e. The van der Waals surface area contributed by atoms with Gasteiger partial charge in [-0.15, -0.1) is 0 Å². The van der Waals surface area contributed by atoms with Crippen molar-refractivity contribution in [2.24, 2.45) is 17.8 Å². The lowest BCUT2D eigenvalue weighted by molar-refractivity contribution is -0.160. The van der Waals surface area contributed by atoms with Crippen molar-refractivity contribution in [3.8, 4) is 0 Å². The number of carbonyl (C=O) groups excluding carboxylic acids is 3. The van der Waals surface area contributed by atoms with E-state index in [4.69, 9.17) is 4.74 Å². The molecule has 8 nitrogen and oxygen atoms in total. The number of nitrogens with one attached hydrogen (secondary N) is 1. The molecule has 3 rings (SSSR count). The van der Waals surface area contributed by atoms with E-state index in [-0.39, 0.29) is 35.7 Å². The predicted molar refractivity (Wildman–Crippen MR) is 128 cm³/mol. The molecule has 2 aliphatic rings. The Balaban J connectivity index is 1.52. The van der Waals surface area contributed by atoms with Gasteiger partial charge in [0, 0.05) is 24.7 Å². The molecule has 1 aromatic carbocycles. The minimum Gasteiger partial charge on any atom is -0.452 e. The third-order valence-electron chi connectivity index (χ3n) is 7.36. The first-order chi connectivity index (χ1) is 16.0. The summed E-state index contributed by atoms with van der Waals surface area (Å²) in [5.41, 5.74) is 0.337. The van der Waals surface area contributed by atoms with E-state index in [2.05, 4.69) is 19.2 Å². The second-order valence-electron chi connectivity index (χ2n) is 9.72. The zero-order valence-electron chi connectivity index (χ0n) is 20.5. The van der Waals surface area contributed by atoms with E-state index in [0.717, 1.165) is 19.3 Å². The summed E-state index contributed by atoms with van der Waals surface area (Å²) in [5, 5.41) is 3.04. The molecule has 0 radical (unpaired) electrons. The normalized spacial score (nSPS) is 25.4.